The predicted octanol–water partition coefficient (Wildman–Crippen LogP) is 2.34. The number of aromatic amines is 1. The van der Waals surface area contributed by atoms with Gasteiger partial charge in [-0.15, -0.1) is 0 Å². The lowest BCUT2D eigenvalue weighted by molar-refractivity contribution is 0.100. The maximum Gasteiger partial charge on any atom is 0.248 e. The summed E-state index contributed by atoms with van der Waals surface area (Å²) in [6, 6.07) is 12.7. The first kappa shape index (κ1) is 12.2. The Kier molecular flexibility index (Phi) is 2.87. The van der Waals surface area contributed by atoms with Gasteiger partial charge in [-0.3, -0.25) is 4.79 Å². The van der Waals surface area contributed by atoms with Gasteiger partial charge in [0.05, 0.1) is 18.1 Å². The van der Waals surface area contributed by atoms with E-state index in [1.165, 1.54) is 0 Å². The summed E-state index contributed by atoms with van der Waals surface area (Å²) in [5, 5.41) is 0. The van der Waals surface area contributed by atoms with E-state index in [1.54, 1.807) is 19.2 Å². The van der Waals surface area contributed by atoms with E-state index in [1.807, 2.05) is 30.3 Å². The molecule has 100 valence electrons. The van der Waals surface area contributed by atoms with Crippen LogP contribution in [0.1, 0.15) is 10.4 Å². The highest BCUT2D eigenvalue weighted by molar-refractivity contribution is 5.93. The summed E-state index contributed by atoms with van der Waals surface area (Å²) in [6.45, 7) is 0. The van der Waals surface area contributed by atoms with Crippen LogP contribution in [0.4, 0.5) is 0 Å². The van der Waals surface area contributed by atoms with Crippen LogP contribution in [0.3, 0.4) is 0 Å². The number of carbonyl (C=O) groups excluding carboxylic acids is 1. The van der Waals surface area contributed by atoms with Crippen LogP contribution in [-0.2, 0) is 0 Å². The van der Waals surface area contributed by atoms with Crippen molar-refractivity contribution in [3.05, 3.63) is 48.0 Å². The van der Waals surface area contributed by atoms with Crippen molar-refractivity contribution in [2.75, 3.05) is 7.11 Å². The molecule has 0 aliphatic heterocycles. The second-order valence-corrected chi connectivity index (χ2v) is 4.41. The molecule has 0 radical (unpaired) electrons. The van der Waals surface area contributed by atoms with E-state index in [4.69, 9.17) is 10.5 Å². The third kappa shape index (κ3) is 2.09. The van der Waals surface area contributed by atoms with E-state index in [2.05, 4.69) is 9.97 Å². The standard InChI is InChI=1S/C15H13N3O2/c1-20-11-6-7-12-13(8-11)18-15(17-12)10-4-2-9(3-5-10)14(16)19/h2-8H,1H3,(H2,16,19)(H,17,18). The fraction of sp³-hybridized carbons (Fsp3) is 0.0667. The summed E-state index contributed by atoms with van der Waals surface area (Å²) < 4.78 is 5.18. The van der Waals surface area contributed by atoms with Crippen LogP contribution in [0.5, 0.6) is 5.75 Å². The normalized spacial score (nSPS) is 10.7. The molecule has 0 spiro atoms. The molecule has 3 N–H and O–H groups in total. The van der Waals surface area contributed by atoms with Crippen molar-refractivity contribution in [3.8, 4) is 17.1 Å². The Morgan fingerprint density at radius 3 is 2.60 bits per heavy atom. The van der Waals surface area contributed by atoms with Crippen LogP contribution >= 0.6 is 0 Å². The van der Waals surface area contributed by atoms with Gasteiger partial charge in [0.15, 0.2) is 0 Å². The van der Waals surface area contributed by atoms with Crippen molar-refractivity contribution >= 4 is 16.9 Å². The van der Waals surface area contributed by atoms with E-state index < -0.39 is 5.91 Å². The van der Waals surface area contributed by atoms with Gasteiger partial charge in [-0.1, -0.05) is 12.1 Å². The molecule has 1 aromatic heterocycles. The van der Waals surface area contributed by atoms with Crippen molar-refractivity contribution < 1.29 is 9.53 Å². The van der Waals surface area contributed by atoms with Crippen LogP contribution in [0.25, 0.3) is 22.4 Å². The summed E-state index contributed by atoms with van der Waals surface area (Å²) >= 11 is 0. The van der Waals surface area contributed by atoms with Gasteiger partial charge in [0, 0.05) is 17.2 Å². The SMILES string of the molecule is COc1ccc2nc(-c3ccc(C(N)=O)cc3)[nH]c2c1. The minimum absolute atomic E-state index is 0.439. The van der Waals surface area contributed by atoms with Crippen LogP contribution in [0.2, 0.25) is 0 Å². The number of H-pyrrole nitrogens is 1. The fourth-order valence-electron chi connectivity index (χ4n) is 2.04. The van der Waals surface area contributed by atoms with E-state index in [0.29, 0.717) is 5.56 Å². The molecule has 5 nitrogen and oxygen atoms in total. The zero-order valence-corrected chi connectivity index (χ0v) is 10.9. The molecule has 0 unspecified atom stereocenters. The van der Waals surface area contributed by atoms with E-state index >= 15 is 0 Å². The predicted molar refractivity (Wildman–Crippen MR) is 76.6 cm³/mol. The van der Waals surface area contributed by atoms with Gasteiger partial charge in [-0.25, -0.2) is 4.98 Å². The molecule has 2 aromatic carbocycles. The van der Waals surface area contributed by atoms with Gasteiger partial charge in [0.2, 0.25) is 5.91 Å². The highest BCUT2D eigenvalue weighted by Gasteiger charge is 2.07. The minimum atomic E-state index is -0.439. The number of carbonyl (C=O) groups is 1. The average Bonchev–Trinajstić information content (AvgIpc) is 2.90. The number of benzene rings is 2. The van der Waals surface area contributed by atoms with E-state index in [0.717, 1.165) is 28.2 Å². The maximum atomic E-state index is 11.0. The number of ether oxygens (including phenoxy) is 1. The molecule has 1 amide bonds. The lowest BCUT2D eigenvalue weighted by Crippen LogP contribution is -2.10. The van der Waals surface area contributed by atoms with Gasteiger partial charge >= 0.3 is 0 Å². The first-order valence-electron chi connectivity index (χ1n) is 6.11. The second kappa shape index (κ2) is 4.70. The lowest BCUT2D eigenvalue weighted by Gasteiger charge is -1.98. The molecule has 20 heavy (non-hydrogen) atoms. The highest BCUT2D eigenvalue weighted by atomic mass is 16.5. The second-order valence-electron chi connectivity index (χ2n) is 4.41. The number of primary amides is 1. The molecule has 0 fully saturated rings. The van der Waals surface area contributed by atoms with E-state index in [-0.39, 0.29) is 0 Å². The van der Waals surface area contributed by atoms with Gasteiger partial charge in [0.25, 0.3) is 0 Å². The van der Waals surface area contributed by atoms with Crippen molar-refractivity contribution in [2.24, 2.45) is 5.73 Å². The Morgan fingerprint density at radius 2 is 1.95 bits per heavy atom. The minimum Gasteiger partial charge on any atom is -0.497 e. The van der Waals surface area contributed by atoms with E-state index in [9.17, 15) is 4.79 Å². The molecule has 3 aromatic rings. The average molecular weight is 267 g/mol. The number of nitrogens with one attached hydrogen (secondary N) is 1. The molecular formula is C15H13N3O2. The third-order valence-electron chi connectivity index (χ3n) is 3.13. The number of nitrogens with two attached hydrogens (primary N) is 1. The topological polar surface area (TPSA) is 81.0 Å². The number of aromatic nitrogens is 2. The van der Waals surface area contributed by atoms with Crippen LogP contribution in [0.15, 0.2) is 42.5 Å². The molecule has 0 aliphatic rings. The number of hydrogen-bond donors (Lipinski definition) is 2. The Bertz CT molecular complexity index is 775. The molecule has 3 rings (SSSR count). The Balaban J connectivity index is 2.03. The molecule has 0 atom stereocenters. The summed E-state index contributed by atoms with van der Waals surface area (Å²) in [6.07, 6.45) is 0. The molecule has 0 saturated carbocycles. The molecule has 0 aliphatic carbocycles. The number of imidazole rings is 1. The Hall–Kier alpha value is -2.82. The first-order valence-corrected chi connectivity index (χ1v) is 6.11. The van der Waals surface area contributed by atoms with Crippen LogP contribution < -0.4 is 10.5 Å². The molecule has 0 saturated heterocycles. The summed E-state index contributed by atoms with van der Waals surface area (Å²) in [4.78, 5) is 18.8. The lowest BCUT2D eigenvalue weighted by atomic mass is 10.1. The largest absolute Gasteiger partial charge is 0.497 e. The van der Waals surface area contributed by atoms with Gasteiger partial charge < -0.3 is 15.5 Å². The van der Waals surface area contributed by atoms with Crippen molar-refractivity contribution in [1.29, 1.82) is 0 Å². The molecule has 1 heterocycles. The fourth-order valence-corrected chi connectivity index (χ4v) is 2.04. The zero-order valence-electron chi connectivity index (χ0n) is 10.9. The van der Waals surface area contributed by atoms with Crippen molar-refractivity contribution in [3.63, 3.8) is 0 Å². The molecule has 5 heteroatoms. The van der Waals surface area contributed by atoms with Crippen molar-refractivity contribution in [1.82, 2.24) is 9.97 Å². The maximum absolute atomic E-state index is 11.0. The summed E-state index contributed by atoms with van der Waals surface area (Å²) in [5.41, 5.74) is 8.35. The molecular weight excluding hydrogens is 254 g/mol. The number of hydrogen-bond acceptors (Lipinski definition) is 3. The van der Waals surface area contributed by atoms with Gasteiger partial charge in [0.1, 0.15) is 11.6 Å². The number of methoxy groups -OCH3 is 1. The zero-order chi connectivity index (χ0) is 14.1. The summed E-state index contributed by atoms with van der Waals surface area (Å²) in [7, 11) is 1.63. The quantitative estimate of drug-likeness (QED) is 0.764. The third-order valence-corrected chi connectivity index (χ3v) is 3.13. The van der Waals surface area contributed by atoms with Crippen LogP contribution in [0, 0.1) is 0 Å². The van der Waals surface area contributed by atoms with Crippen molar-refractivity contribution in [2.45, 2.75) is 0 Å². The molecule has 0 bridgehead atoms. The number of fused-ring (bicyclic) bond motifs is 1. The highest BCUT2D eigenvalue weighted by Crippen LogP contribution is 2.23. The summed E-state index contributed by atoms with van der Waals surface area (Å²) in [5.74, 6) is 1.08. The van der Waals surface area contributed by atoms with Crippen LogP contribution in [-0.4, -0.2) is 23.0 Å². The van der Waals surface area contributed by atoms with Gasteiger partial charge in [-0.05, 0) is 24.3 Å². The Labute approximate surface area is 115 Å². The number of nitrogens with zero attached hydrogens (tertiary/aromatic N) is 1. The first-order chi connectivity index (χ1) is 9.67. The smallest absolute Gasteiger partial charge is 0.248 e. The number of rotatable bonds is 3. The Morgan fingerprint density at radius 1 is 1.20 bits per heavy atom. The number of amides is 1. The van der Waals surface area contributed by atoms with Gasteiger partial charge in [-0.2, -0.15) is 0 Å². The monoisotopic (exact) mass is 267 g/mol.